The van der Waals surface area contributed by atoms with Gasteiger partial charge in [0.1, 0.15) is 0 Å². The zero-order valence-corrected chi connectivity index (χ0v) is 13.1. The highest BCUT2D eigenvalue weighted by Gasteiger charge is 2.50. The Morgan fingerprint density at radius 2 is 2.00 bits per heavy atom. The summed E-state index contributed by atoms with van der Waals surface area (Å²) in [5.74, 6) is -1.19. The maximum absolute atomic E-state index is 13.1. The van der Waals surface area contributed by atoms with Gasteiger partial charge in [-0.3, -0.25) is 9.80 Å². The van der Waals surface area contributed by atoms with E-state index in [1.165, 1.54) is 0 Å². The minimum absolute atomic E-state index is 0.172. The largest absolute Gasteiger partial charge is 0.391 e. The molecule has 1 aliphatic carbocycles. The first kappa shape index (κ1) is 17.0. The summed E-state index contributed by atoms with van der Waals surface area (Å²) in [7, 11) is 0. The van der Waals surface area contributed by atoms with Crippen LogP contribution in [0.5, 0.6) is 0 Å². The Bertz CT molecular complexity index is 348. The van der Waals surface area contributed by atoms with Gasteiger partial charge < -0.3 is 5.73 Å². The molecule has 3 nitrogen and oxygen atoms in total. The van der Waals surface area contributed by atoms with E-state index in [0.717, 1.165) is 32.6 Å². The van der Waals surface area contributed by atoms with Crippen LogP contribution in [0, 0.1) is 5.92 Å². The molecule has 6 heteroatoms. The summed E-state index contributed by atoms with van der Waals surface area (Å²) in [5, 5.41) is 0. The van der Waals surface area contributed by atoms with Crippen LogP contribution in [0.1, 0.15) is 39.5 Å². The molecule has 2 rings (SSSR count). The van der Waals surface area contributed by atoms with Gasteiger partial charge in [-0.05, 0) is 32.7 Å². The molecule has 0 aromatic heterocycles. The van der Waals surface area contributed by atoms with Crippen molar-refractivity contribution in [2.75, 3.05) is 32.7 Å². The molecule has 21 heavy (non-hydrogen) atoms. The normalized spacial score (nSPS) is 36.9. The van der Waals surface area contributed by atoms with Gasteiger partial charge in [0.25, 0.3) is 0 Å². The Morgan fingerprint density at radius 3 is 2.52 bits per heavy atom. The molecule has 124 valence electrons. The van der Waals surface area contributed by atoms with Crippen molar-refractivity contribution in [2.45, 2.75) is 57.3 Å². The highest BCUT2D eigenvalue weighted by atomic mass is 19.4. The van der Waals surface area contributed by atoms with E-state index in [-0.39, 0.29) is 12.8 Å². The van der Waals surface area contributed by atoms with Crippen molar-refractivity contribution in [3.63, 3.8) is 0 Å². The van der Waals surface area contributed by atoms with E-state index in [1.54, 1.807) is 0 Å². The molecule has 1 saturated carbocycles. The second-order valence-electron chi connectivity index (χ2n) is 6.69. The third-order valence-corrected chi connectivity index (χ3v) is 5.51. The van der Waals surface area contributed by atoms with Crippen molar-refractivity contribution in [1.82, 2.24) is 9.80 Å². The van der Waals surface area contributed by atoms with Crippen LogP contribution in [0.2, 0.25) is 0 Å². The number of alkyl halides is 3. The number of nitrogens with two attached hydrogens (primary N) is 1. The van der Waals surface area contributed by atoms with Gasteiger partial charge in [0, 0.05) is 37.8 Å². The van der Waals surface area contributed by atoms with Gasteiger partial charge in [0.2, 0.25) is 0 Å². The number of piperazine rings is 1. The standard InChI is InChI=1S/C15H28F3N3/c1-3-20-7-8-21(10-12(20)2)14(11-19)6-4-5-13(9-14)15(16,17)18/h12-13H,3-11,19H2,1-2H3. The SMILES string of the molecule is CCN1CCN(C2(CN)CCCC(C(F)(F)F)C2)CC1C. The monoisotopic (exact) mass is 307 g/mol. The van der Waals surface area contributed by atoms with E-state index in [9.17, 15) is 13.2 Å². The molecule has 3 unspecified atom stereocenters. The van der Waals surface area contributed by atoms with Gasteiger partial charge in [0.15, 0.2) is 0 Å². The van der Waals surface area contributed by atoms with Crippen molar-refractivity contribution >= 4 is 0 Å². The van der Waals surface area contributed by atoms with E-state index in [1.807, 2.05) is 0 Å². The van der Waals surface area contributed by atoms with Gasteiger partial charge in [-0.2, -0.15) is 13.2 Å². The first-order valence-electron chi connectivity index (χ1n) is 8.08. The molecular weight excluding hydrogens is 279 g/mol. The van der Waals surface area contributed by atoms with Gasteiger partial charge >= 0.3 is 6.18 Å². The quantitative estimate of drug-likeness (QED) is 0.869. The molecule has 0 aromatic carbocycles. The molecule has 2 aliphatic rings. The van der Waals surface area contributed by atoms with Crippen LogP contribution in [0.3, 0.4) is 0 Å². The van der Waals surface area contributed by atoms with E-state index in [0.29, 0.717) is 19.0 Å². The molecule has 3 atom stereocenters. The summed E-state index contributed by atoms with van der Waals surface area (Å²) in [4.78, 5) is 4.63. The molecule has 2 N–H and O–H groups in total. The lowest BCUT2D eigenvalue weighted by atomic mass is 9.73. The topological polar surface area (TPSA) is 32.5 Å². The Labute approximate surface area is 125 Å². The first-order valence-corrected chi connectivity index (χ1v) is 8.08. The van der Waals surface area contributed by atoms with E-state index in [4.69, 9.17) is 5.73 Å². The van der Waals surface area contributed by atoms with Gasteiger partial charge in [0.05, 0.1) is 5.92 Å². The first-order chi connectivity index (χ1) is 9.82. The third-order valence-electron chi connectivity index (χ3n) is 5.51. The van der Waals surface area contributed by atoms with Crippen LogP contribution in [0.15, 0.2) is 0 Å². The summed E-state index contributed by atoms with van der Waals surface area (Å²) in [6, 6.07) is 0.387. The van der Waals surface area contributed by atoms with Crippen LogP contribution < -0.4 is 5.73 Å². The zero-order valence-electron chi connectivity index (χ0n) is 13.1. The molecule has 0 amide bonds. The fraction of sp³-hybridized carbons (Fsp3) is 1.00. The second-order valence-corrected chi connectivity index (χ2v) is 6.69. The van der Waals surface area contributed by atoms with Gasteiger partial charge in [-0.25, -0.2) is 0 Å². The molecule has 2 fully saturated rings. The van der Waals surface area contributed by atoms with E-state index < -0.39 is 17.6 Å². The van der Waals surface area contributed by atoms with Crippen molar-refractivity contribution in [1.29, 1.82) is 0 Å². The summed E-state index contributed by atoms with van der Waals surface area (Å²) in [5.41, 5.74) is 5.51. The third kappa shape index (κ3) is 3.54. The highest BCUT2D eigenvalue weighted by Crippen LogP contribution is 2.44. The predicted octanol–water partition coefficient (Wildman–Crippen LogP) is 2.46. The van der Waals surface area contributed by atoms with E-state index >= 15 is 0 Å². The molecule has 1 saturated heterocycles. The van der Waals surface area contributed by atoms with Gasteiger partial charge in [-0.1, -0.05) is 13.3 Å². The number of halogens is 3. The number of likely N-dealkylation sites (N-methyl/N-ethyl adjacent to an activating group) is 1. The summed E-state index contributed by atoms with van der Waals surface area (Å²) >= 11 is 0. The predicted molar refractivity (Wildman–Crippen MR) is 78.1 cm³/mol. The molecule has 1 heterocycles. The second kappa shape index (κ2) is 6.42. The van der Waals surface area contributed by atoms with E-state index in [2.05, 4.69) is 23.6 Å². The minimum atomic E-state index is -4.09. The Balaban J connectivity index is 2.10. The number of nitrogens with zero attached hydrogens (tertiary/aromatic N) is 2. The Morgan fingerprint density at radius 1 is 1.29 bits per heavy atom. The highest BCUT2D eigenvalue weighted by molar-refractivity contribution is 5.00. The fourth-order valence-electron chi connectivity index (χ4n) is 4.12. The summed E-state index contributed by atoms with van der Waals surface area (Å²) in [6.07, 6.45) is -2.22. The van der Waals surface area contributed by atoms with Crippen LogP contribution in [-0.4, -0.2) is 60.3 Å². The molecule has 0 aromatic rings. The van der Waals surface area contributed by atoms with Crippen LogP contribution in [-0.2, 0) is 0 Å². The lowest BCUT2D eigenvalue weighted by molar-refractivity contribution is -0.195. The average molecular weight is 307 g/mol. The molecule has 0 bridgehead atoms. The summed E-state index contributed by atoms with van der Waals surface area (Å²) in [6.45, 7) is 8.20. The van der Waals surface area contributed by atoms with Crippen molar-refractivity contribution in [2.24, 2.45) is 11.7 Å². The number of rotatable bonds is 3. The lowest BCUT2D eigenvalue weighted by Gasteiger charge is -2.52. The Hall–Kier alpha value is -0.330. The Kier molecular flexibility index (Phi) is 5.21. The van der Waals surface area contributed by atoms with Crippen molar-refractivity contribution < 1.29 is 13.2 Å². The van der Waals surface area contributed by atoms with Crippen LogP contribution >= 0.6 is 0 Å². The van der Waals surface area contributed by atoms with Crippen molar-refractivity contribution in [3.8, 4) is 0 Å². The molecule has 0 radical (unpaired) electrons. The van der Waals surface area contributed by atoms with Gasteiger partial charge in [-0.15, -0.1) is 0 Å². The van der Waals surface area contributed by atoms with Crippen LogP contribution in [0.25, 0.3) is 0 Å². The molecular formula is C15H28F3N3. The fourth-order valence-corrected chi connectivity index (χ4v) is 4.12. The lowest BCUT2D eigenvalue weighted by Crippen LogP contribution is -2.64. The van der Waals surface area contributed by atoms with Crippen LogP contribution in [0.4, 0.5) is 13.2 Å². The maximum atomic E-state index is 13.1. The zero-order chi connectivity index (χ0) is 15.7. The number of hydrogen-bond acceptors (Lipinski definition) is 3. The minimum Gasteiger partial charge on any atom is -0.329 e. The number of hydrogen-bond donors (Lipinski definition) is 1. The maximum Gasteiger partial charge on any atom is 0.391 e. The molecule has 0 spiro atoms. The van der Waals surface area contributed by atoms with Crippen molar-refractivity contribution in [3.05, 3.63) is 0 Å². The summed E-state index contributed by atoms with van der Waals surface area (Å²) < 4.78 is 39.3. The smallest absolute Gasteiger partial charge is 0.329 e. The average Bonchev–Trinajstić information content (AvgIpc) is 2.46. The molecule has 1 aliphatic heterocycles.